The molecule has 1 nitrogen and oxygen atoms in total. The summed E-state index contributed by atoms with van der Waals surface area (Å²) in [5.74, 6) is 1.29. The Bertz CT molecular complexity index is 129. The van der Waals surface area contributed by atoms with Gasteiger partial charge in [0.15, 0.2) is 0 Å². The Morgan fingerprint density at radius 3 is 2.54 bits per heavy atom. The van der Waals surface area contributed by atoms with Crippen LogP contribution >= 0.6 is 23.5 Å². The maximum absolute atomic E-state index is 3.58. The molecule has 1 rings (SSSR count). The van der Waals surface area contributed by atoms with Gasteiger partial charge in [-0.05, 0) is 44.1 Å². The first-order valence-electron chi connectivity index (χ1n) is 5.08. The van der Waals surface area contributed by atoms with E-state index in [2.05, 4.69) is 29.6 Å². The van der Waals surface area contributed by atoms with E-state index >= 15 is 0 Å². The first kappa shape index (κ1) is 11.7. The van der Waals surface area contributed by atoms with Gasteiger partial charge in [-0.25, -0.2) is 0 Å². The number of hydrogen-bond donors (Lipinski definition) is 1. The van der Waals surface area contributed by atoms with Gasteiger partial charge in [-0.2, -0.15) is 23.5 Å². The van der Waals surface area contributed by atoms with E-state index in [0.29, 0.717) is 4.75 Å². The lowest BCUT2D eigenvalue weighted by molar-refractivity contribution is 0.346. The Morgan fingerprint density at radius 2 is 2.08 bits per heavy atom. The van der Waals surface area contributed by atoms with Crippen LogP contribution in [0, 0.1) is 0 Å². The quantitative estimate of drug-likeness (QED) is 0.661. The normalized spacial score (nSPS) is 19.8. The number of thioether (sulfide) groups is 2. The lowest BCUT2D eigenvalue weighted by Crippen LogP contribution is -2.43. The molecule has 0 aliphatic heterocycles. The van der Waals surface area contributed by atoms with Crippen LogP contribution in [0.4, 0.5) is 0 Å². The van der Waals surface area contributed by atoms with E-state index in [1.54, 1.807) is 0 Å². The molecule has 0 aromatic rings. The van der Waals surface area contributed by atoms with Gasteiger partial charge in [-0.15, -0.1) is 0 Å². The summed E-state index contributed by atoms with van der Waals surface area (Å²) < 4.78 is 0.610. The molecular formula is C10H21NS2. The average Bonchev–Trinajstić information content (AvgIpc) is 2.09. The van der Waals surface area contributed by atoms with Gasteiger partial charge < -0.3 is 5.32 Å². The second-order valence-corrected chi connectivity index (χ2v) is 6.02. The average molecular weight is 219 g/mol. The highest BCUT2D eigenvalue weighted by Gasteiger charge is 2.35. The second-order valence-electron chi connectivity index (χ2n) is 3.76. The van der Waals surface area contributed by atoms with Gasteiger partial charge in [-0.3, -0.25) is 0 Å². The number of nitrogens with one attached hydrogen (secondary N) is 1. The summed E-state index contributed by atoms with van der Waals surface area (Å²) in [5.41, 5.74) is 0. The van der Waals surface area contributed by atoms with Crippen molar-refractivity contribution in [3.05, 3.63) is 0 Å². The standard InChI is InChI=1S/C10H21NS2/c1-12-8-4-7-11-9-10(13-2)5-3-6-10/h11H,3-9H2,1-2H3. The predicted molar refractivity (Wildman–Crippen MR) is 66.0 cm³/mol. The van der Waals surface area contributed by atoms with Crippen molar-refractivity contribution in [2.75, 3.05) is 31.4 Å². The zero-order chi connectivity index (χ0) is 9.57. The van der Waals surface area contributed by atoms with E-state index < -0.39 is 0 Å². The molecule has 13 heavy (non-hydrogen) atoms. The highest BCUT2D eigenvalue weighted by molar-refractivity contribution is 8.00. The highest BCUT2D eigenvalue weighted by Crippen LogP contribution is 2.42. The van der Waals surface area contributed by atoms with Gasteiger partial charge in [0.05, 0.1) is 0 Å². The van der Waals surface area contributed by atoms with Crippen LogP contribution in [0.2, 0.25) is 0 Å². The van der Waals surface area contributed by atoms with Crippen LogP contribution in [0.5, 0.6) is 0 Å². The minimum atomic E-state index is 0.610. The van der Waals surface area contributed by atoms with Gasteiger partial charge in [0.1, 0.15) is 0 Å². The van der Waals surface area contributed by atoms with Gasteiger partial charge in [0.2, 0.25) is 0 Å². The third kappa shape index (κ3) is 3.72. The van der Waals surface area contributed by atoms with E-state index in [1.165, 1.54) is 44.5 Å². The molecule has 1 fully saturated rings. The van der Waals surface area contributed by atoms with E-state index in [4.69, 9.17) is 0 Å². The Kier molecular flexibility index (Phi) is 5.60. The predicted octanol–water partition coefficient (Wildman–Crippen LogP) is 2.61. The topological polar surface area (TPSA) is 12.0 Å². The smallest absolute Gasteiger partial charge is 0.0281 e. The molecule has 0 atom stereocenters. The molecule has 0 spiro atoms. The maximum Gasteiger partial charge on any atom is 0.0281 e. The van der Waals surface area contributed by atoms with Crippen LogP contribution in [0.15, 0.2) is 0 Å². The molecule has 0 saturated heterocycles. The van der Waals surface area contributed by atoms with Gasteiger partial charge in [0.25, 0.3) is 0 Å². The van der Waals surface area contributed by atoms with Crippen LogP contribution in [-0.2, 0) is 0 Å². The van der Waals surface area contributed by atoms with Crippen molar-refractivity contribution < 1.29 is 0 Å². The summed E-state index contributed by atoms with van der Waals surface area (Å²) in [5, 5.41) is 3.58. The van der Waals surface area contributed by atoms with Crippen LogP contribution in [-0.4, -0.2) is 36.1 Å². The second kappa shape index (κ2) is 6.20. The fourth-order valence-electron chi connectivity index (χ4n) is 1.68. The van der Waals surface area contributed by atoms with Crippen molar-refractivity contribution in [3.63, 3.8) is 0 Å². The van der Waals surface area contributed by atoms with Crippen molar-refractivity contribution in [1.82, 2.24) is 5.32 Å². The number of hydrogen-bond acceptors (Lipinski definition) is 3. The van der Waals surface area contributed by atoms with Crippen LogP contribution in [0.1, 0.15) is 25.7 Å². The molecule has 1 N–H and O–H groups in total. The van der Waals surface area contributed by atoms with Crippen molar-refractivity contribution >= 4 is 23.5 Å². The van der Waals surface area contributed by atoms with Crippen molar-refractivity contribution in [2.45, 2.75) is 30.4 Å². The lowest BCUT2D eigenvalue weighted by Gasteiger charge is -2.40. The minimum absolute atomic E-state index is 0.610. The molecule has 0 unspecified atom stereocenters. The maximum atomic E-state index is 3.58. The molecule has 0 bridgehead atoms. The first-order chi connectivity index (χ1) is 6.33. The monoisotopic (exact) mass is 219 g/mol. The Morgan fingerprint density at radius 1 is 1.31 bits per heavy atom. The van der Waals surface area contributed by atoms with Gasteiger partial charge >= 0.3 is 0 Å². The molecule has 0 heterocycles. The fraction of sp³-hybridized carbons (Fsp3) is 1.00. The summed E-state index contributed by atoms with van der Waals surface area (Å²) >= 11 is 3.99. The Balaban J connectivity index is 1.98. The molecular weight excluding hydrogens is 198 g/mol. The minimum Gasteiger partial charge on any atom is -0.315 e. The van der Waals surface area contributed by atoms with E-state index in [0.717, 1.165) is 0 Å². The molecule has 0 amide bonds. The summed E-state index contributed by atoms with van der Waals surface area (Å²) in [6.45, 7) is 2.42. The van der Waals surface area contributed by atoms with E-state index in [1.807, 2.05) is 11.8 Å². The van der Waals surface area contributed by atoms with E-state index in [-0.39, 0.29) is 0 Å². The van der Waals surface area contributed by atoms with Crippen LogP contribution in [0.25, 0.3) is 0 Å². The van der Waals surface area contributed by atoms with Crippen molar-refractivity contribution in [1.29, 1.82) is 0 Å². The van der Waals surface area contributed by atoms with E-state index in [9.17, 15) is 0 Å². The van der Waals surface area contributed by atoms with Crippen LogP contribution < -0.4 is 5.32 Å². The van der Waals surface area contributed by atoms with Gasteiger partial charge in [-0.1, -0.05) is 6.42 Å². The Labute approximate surface area is 90.8 Å². The number of rotatable bonds is 7. The highest BCUT2D eigenvalue weighted by atomic mass is 32.2. The Hall–Kier alpha value is 0.660. The summed E-state index contributed by atoms with van der Waals surface area (Å²) in [4.78, 5) is 0. The molecule has 1 saturated carbocycles. The molecule has 0 radical (unpaired) electrons. The molecule has 1 aliphatic carbocycles. The third-order valence-electron chi connectivity index (χ3n) is 2.85. The molecule has 78 valence electrons. The largest absolute Gasteiger partial charge is 0.315 e. The van der Waals surface area contributed by atoms with Gasteiger partial charge in [0, 0.05) is 11.3 Å². The molecule has 3 heteroatoms. The third-order valence-corrected chi connectivity index (χ3v) is 4.96. The van der Waals surface area contributed by atoms with Crippen molar-refractivity contribution in [3.8, 4) is 0 Å². The molecule has 0 aromatic heterocycles. The lowest BCUT2D eigenvalue weighted by atomic mass is 9.84. The van der Waals surface area contributed by atoms with Crippen molar-refractivity contribution in [2.24, 2.45) is 0 Å². The van der Waals surface area contributed by atoms with Crippen LogP contribution in [0.3, 0.4) is 0 Å². The zero-order valence-corrected chi connectivity index (χ0v) is 10.4. The first-order valence-corrected chi connectivity index (χ1v) is 7.70. The zero-order valence-electron chi connectivity index (χ0n) is 8.77. The molecule has 1 aliphatic rings. The summed E-state index contributed by atoms with van der Waals surface area (Å²) in [6.07, 6.45) is 10.0. The molecule has 0 aromatic carbocycles. The summed E-state index contributed by atoms with van der Waals surface area (Å²) in [7, 11) is 0. The summed E-state index contributed by atoms with van der Waals surface area (Å²) in [6, 6.07) is 0. The SMILES string of the molecule is CSCCCNCC1(SC)CCC1. The fourth-order valence-corrected chi connectivity index (χ4v) is 3.06.